The van der Waals surface area contributed by atoms with Crippen LogP contribution in [0.15, 0.2) is 202 Å². The standard InChI is InChI=1S/C58H47NOS/c1-3-46-49(41-16-8-5-9-17-41)32-37(2)33-52(59-58(46)43-28-24-39(25-29-43)38-14-6-4-7-15-38)45-35-50(57-48-19-10-12-20-53(48)60-54(57)36-45)42-26-22-40(23-27-42)44-30-31-56-51(34-44)47-18-11-13-21-55(47)61-56/h4,6-8,10-31,34-37,52H,3,5,9,32-33H2,1-2H3. The molecule has 2 unspecified atom stereocenters. The third-order valence-corrected chi connectivity index (χ3v) is 14.0. The molecule has 0 bridgehead atoms. The quantitative estimate of drug-likeness (QED) is 0.158. The number of nitrogens with zero attached hydrogens (tertiary/aromatic N) is 1. The van der Waals surface area contributed by atoms with Crippen LogP contribution in [0.3, 0.4) is 0 Å². The molecule has 11 rings (SSSR count). The maximum Gasteiger partial charge on any atom is 0.136 e. The molecule has 9 aromatic rings. The number of rotatable bonds is 7. The summed E-state index contributed by atoms with van der Waals surface area (Å²) in [6.07, 6.45) is 12.2. The summed E-state index contributed by atoms with van der Waals surface area (Å²) < 4.78 is 9.38. The van der Waals surface area contributed by atoms with Gasteiger partial charge >= 0.3 is 0 Å². The van der Waals surface area contributed by atoms with Crippen LogP contribution in [-0.2, 0) is 0 Å². The summed E-state index contributed by atoms with van der Waals surface area (Å²) in [5.41, 5.74) is 16.7. The van der Waals surface area contributed by atoms with Gasteiger partial charge in [-0.3, -0.25) is 4.99 Å². The first-order valence-corrected chi connectivity index (χ1v) is 22.7. The van der Waals surface area contributed by atoms with Gasteiger partial charge in [0.15, 0.2) is 0 Å². The molecular formula is C58H47NOS. The number of aliphatic imine (C=N–C) groups is 1. The Labute approximate surface area is 361 Å². The van der Waals surface area contributed by atoms with Crippen molar-refractivity contribution >= 4 is 59.2 Å². The van der Waals surface area contributed by atoms with Crippen molar-refractivity contribution in [2.75, 3.05) is 0 Å². The summed E-state index contributed by atoms with van der Waals surface area (Å²) in [7, 11) is 0. The fourth-order valence-corrected chi connectivity index (χ4v) is 10.9. The van der Waals surface area contributed by atoms with Gasteiger partial charge in [-0.1, -0.05) is 153 Å². The van der Waals surface area contributed by atoms with Gasteiger partial charge in [-0.25, -0.2) is 0 Å². The zero-order valence-electron chi connectivity index (χ0n) is 34.7. The van der Waals surface area contributed by atoms with Gasteiger partial charge in [-0.15, -0.1) is 11.3 Å². The maximum absolute atomic E-state index is 6.72. The van der Waals surface area contributed by atoms with Gasteiger partial charge in [0, 0.05) is 36.5 Å². The van der Waals surface area contributed by atoms with Crippen LogP contribution in [-0.4, -0.2) is 5.71 Å². The van der Waals surface area contributed by atoms with E-state index in [1.807, 2.05) is 11.3 Å². The molecule has 1 aliphatic heterocycles. The van der Waals surface area contributed by atoms with Crippen LogP contribution in [0.4, 0.5) is 0 Å². The molecule has 296 valence electrons. The number of fused-ring (bicyclic) bond motifs is 6. The normalized spacial score (nSPS) is 17.2. The second kappa shape index (κ2) is 15.8. The van der Waals surface area contributed by atoms with E-state index >= 15 is 0 Å². The van der Waals surface area contributed by atoms with Gasteiger partial charge < -0.3 is 4.42 Å². The van der Waals surface area contributed by atoms with Crippen molar-refractivity contribution in [2.24, 2.45) is 10.9 Å². The Morgan fingerprint density at radius 3 is 2.07 bits per heavy atom. The highest BCUT2D eigenvalue weighted by molar-refractivity contribution is 7.25. The van der Waals surface area contributed by atoms with Crippen molar-refractivity contribution in [3.05, 3.63) is 204 Å². The van der Waals surface area contributed by atoms with Crippen LogP contribution in [0.2, 0.25) is 0 Å². The third kappa shape index (κ3) is 6.97. The van der Waals surface area contributed by atoms with E-state index in [1.54, 1.807) is 0 Å². The van der Waals surface area contributed by atoms with E-state index in [0.29, 0.717) is 5.92 Å². The summed E-state index contributed by atoms with van der Waals surface area (Å²) in [6.45, 7) is 4.72. The molecule has 3 heteroatoms. The first-order chi connectivity index (χ1) is 30.1. The molecule has 0 saturated carbocycles. The van der Waals surface area contributed by atoms with Gasteiger partial charge in [0.05, 0.1) is 11.8 Å². The van der Waals surface area contributed by atoms with Crippen molar-refractivity contribution < 1.29 is 4.42 Å². The van der Waals surface area contributed by atoms with Gasteiger partial charge in [0.1, 0.15) is 11.2 Å². The summed E-state index contributed by atoms with van der Waals surface area (Å²) in [4.78, 5) is 5.88. The smallest absolute Gasteiger partial charge is 0.136 e. The molecule has 0 spiro atoms. The maximum atomic E-state index is 6.72. The van der Waals surface area contributed by atoms with Crippen molar-refractivity contribution in [3.8, 4) is 33.4 Å². The first-order valence-electron chi connectivity index (χ1n) is 21.9. The minimum Gasteiger partial charge on any atom is -0.456 e. The van der Waals surface area contributed by atoms with Crippen LogP contribution >= 0.6 is 11.3 Å². The molecule has 3 heterocycles. The molecule has 61 heavy (non-hydrogen) atoms. The number of thiophene rings is 1. The Kier molecular flexibility index (Phi) is 9.70. The first kappa shape index (κ1) is 37.4. The van der Waals surface area contributed by atoms with Gasteiger partial charge in [0.25, 0.3) is 0 Å². The molecule has 2 aliphatic rings. The molecule has 7 aromatic carbocycles. The van der Waals surface area contributed by atoms with Gasteiger partial charge in [-0.2, -0.15) is 0 Å². The average Bonchev–Trinajstić information content (AvgIpc) is 3.88. The van der Waals surface area contributed by atoms with E-state index in [9.17, 15) is 0 Å². The van der Waals surface area contributed by atoms with Crippen molar-refractivity contribution in [1.82, 2.24) is 0 Å². The van der Waals surface area contributed by atoms with E-state index < -0.39 is 0 Å². The number of hydrogen-bond acceptors (Lipinski definition) is 3. The predicted molar refractivity (Wildman–Crippen MR) is 261 cm³/mol. The van der Waals surface area contributed by atoms with E-state index in [0.717, 1.165) is 59.8 Å². The molecule has 2 atom stereocenters. The second-order valence-electron chi connectivity index (χ2n) is 16.9. The highest BCUT2D eigenvalue weighted by Crippen LogP contribution is 2.44. The van der Waals surface area contributed by atoms with E-state index in [1.165, 1.54) is 81.4 Å². The zero-order chi connectivity index (χ0) is 40.9. The summed E-state index contributed by atoms with van der Waals surface area (Å²) in [5, 5.41) is 4.94. The lowest BCUT2D eigenvalue weighted by Gasteiger charge is -2.28. The lowest BCUT2D eigenvalue weighted by Crippen LogP contribution is -2.17. The SMILES string of the molecule is CCC1=C(C2=CCCC=C2)CC(C)CC(c2cc(-c3ccc(-c4ccc5sc6ccccc6c5c4)cc3)c3c(c2)oc2ccccc23)N=C1c1ccc(-c2ccccc2)cc1. The van der Waals surface area contributed by atoms with E-state index in [-0.39, 0.29) is 6.04 Å². The van der Waals surface area contributed by atoms with Crippen molar-refractivity contribution in [1.29, 1.82) is 0 Å². The van der Waals surface area contributed by atoms with Crippen molar-refractivity contribution in [2.45, 2.75) is 52.0 Å². The number of furan rings is 1. The lowest BCUT2D eigenvalue weighted by atomic mass is 9.80. The number of hydrogen-bond donors (Lipinski definition) is 0. The topological polar surface area (TPSA) is 25.5 Å². The van der Waals surface area contributed by atoms with Gasteiger partial charge in [-0.05, 0) is 130 Å². The summed E-state index contributed by atoms with van der Waals surface area (Å²) in [6, 6.07) is 57.7. The second-order valence-corrected chi connectivity index (χ2v) is 17.9. The molecule has 0 fully saturated rings. The zero-order valence-corrected chi connectivity index (χ0v) is 35.5. The Morgan fingerprint density at radius 1 is 0.607 bits per heavy atom. The molecule has 0 amide bonds. The Morgan fingerprint density at radius 2 is 1.28 bits per heavy atom. The Balaban J connectivity index is 1.05. The summed E-state index contributed by atoms with van der Waals surface area (Å²) >= 11 is 1.86. The fourth-order valence-electron chi connectivity index (χ4n) is 9.83. The number of benzene rings is 7. The molecule has 1 aliphatic carbocycles. The molecule has 0 saturated heterocycles. The number of para-hydroxylation sites is 1. The average molecular weight is 806 g/mol. The monoisotopic (exact) mass is 805 g/mol. The molecule has 2 nitrogen and oxygen atoms in total. The minimum atomic E-state index is -0.0550. The lowest BCUT2D eigenvalue weighted by molar-refractivity contribution is 0.468. The predicted octanol–water partition coefficient (Wildman–Crippen LogP) is 16.9. The highest BCUT2D eigenvalue weighted by Gasteiger charge is 2.27. The molecule has 0 N–H and O–H groups in total. The van der Waals surface area contributed by atoms with Crippen LogP contribution in [0, 0.1) is 5.92 Å². The van der Waals surface area contributed by atoms with Crippen LogP contribution in [0.5, 0.6) is 0 Å². The Hall–Kier alpha value is -6.55. The van der Waals surface area contributed by atoms with E-state index in [4.69, 9.17) is 9.41 Å². The molecular weight excluding hydrogens is 759 g/mol. The largest absolute Gasteiger partial charge is 0.456 e. The minimum absolute atomic E-state index is 0.0550. The molecule has 0 radical (unpaired) electrons. The highest BCUT2D eigenvalue weighted by atomic mass is 32.1. The number of allylic oxidation sites excluding steroid dienone is 6. The Bertz CT molecular complexity index is 3230. The summed E-state index contributed by atoms with van der Waals surface area (Å²) in [5.74, 6) is 0.426. The third-order valence-electron chi connectivity index (χ3n) is 12.9. The van der Waals surface area contributed by atoms with Crippen molar-refractivity contribution in [3.63, 3.8) is 0 Å². The fraction of sp³-hybridized carbons (Fsp3) is 0.155. The van der Waals surface area contributed by atoms with Crippen LogP contribution in [0.25, 0.3) is 75.5 Å². The van der Waals surface area contributed by atoms with Crippen LogP contribution < -0.4 is 0 Å². The van der Waals surface area contributed by atoms with Crippen LogP contribution in [0.1, 0.15) is 63.1 Å². The van der Waals surface area contributed by atoms with E-state index in [2.05, 4.69) is 190 Å². The molecule has 2 aromatic heterocycles. The van der Waals surface area contributed by atoms with Gasteiger partial charge in [0.2, 0.25) is 0 Å².